The molecule has 0 aliphatic heterocycles. The molecule has 0 bridgehead atoms. The normalized spacial score (nSPS) is 18.8. The Bertz CT molecular complexity index is 638. The third-order valence-corrected chi connectivity index (χ3v) is 4.18. The Morgan fingerprint density at radius 1 is 1.21 bits per heavy atom. The van der Waals surface area contributed by atoms with Gasteiger partial charge in [0.1, 0.15) is 0 Å². The zero-order chi connectivity index (χ0) is 13.0. The van der Waals surface area contributed by atoms with Crippen LogP contribution in [0.2, 0.25) is 0 Å². The fourth-order valence-electron chi connectivity index (χ4n) is 2.89. The van der Waals surface area contributed by atoms with Crippen molar-refractivity contribution in [1.29, 1.82) is 0 Å². The number of amides is 1. The molecule has 1 N–H and O–H groups in total. The maximum absolute atomic E-state index is 12.8. The van der Waals surface area contributed by atoms with Crippen LogP contribution in [-0.2, 0) is 0 Å². The summed E-state index contributed by atoms with van der Waals surface area (Å²) in [5, 5.41) is 1.06. The molecule has 2 fully saturated rings. The van der Waals surface area contributed by atoms with E-state index in [4.69, 9.17) is 0 Å². The van der Waals surface area contributed by atoms with Gasteiger partial charge in [-0.25, -0.2) is 0 Å². The molecule has 1 amide bonds. The van der Waals surface area contributed by atoms with Gasteiger partial charge in [0, 0.05) is 29.2 Å². The van der Waals surface area contributed by atoms with E-state index in [0.717, 1.165) is 16.5 Å². The summed E-state index contributed by atoms with van der Waals surface area (Å²) in [6.07, 6.45) is 6.62. The number of aromatic nitrogens is 1. The topological polar surface area (TPSA) is 36.1 Å². The Morgan fingerprint density at radius 3 is 2.53 bits per heavy atom. The molecule has 3 heteroatoms. The molecule has 2 aromatic rings. The lowest BCUT2D eigenvalue weighted by atomic mass is 10.1. The van der Waals surface area contributed by atoms with Gasteiger partial charge in [-0.15, -0.1) is 0 Å². The smallest absolute Gasteiger partial charge is 0.256 e. The van der Waals surface area contributed by atoms with Crippen molar-refractivity contribution in [2.24, 2.45) is 0 Å². The molecule has 3 nitrogen and oxygen atoms in total. The molecule has 1 aromatic carbocycles. The molecule has 0 atom stereocenters. The van der Waals surface area contributed by atoms with E-state index < -0.39 is 0 Å². The maximum atomic E-state index is 12.8. The molecule has 2 aliphatic carbocycles. The van der Waals surface area contributed by atoms with Gasteiger partial charge in [0.2, 0.25) is 0 Å². The molecule has 2 saturated carbocycles. The predicted molar refractivity (Wildman–Crippen MR) is 75.2 cm³/mol. The summed E-state index contributed by atoms with van der Waals surface area (Å²) in [5.41, 5.74) is 3.12. The lowest BCUT2D eigenvalue weighted by Crippen LogP contribution is -2.34. The number of benzene rings is 1. The third-order valence-electron chi connectivity index (χ3n) is 4.18. The number of aryl methyl sites for hydroxylation is 1. The van der Waals surface area contributed by atoms with Gasteiger partial charge in [-0.3, -0.25) is 4.79 Å². The van der Waals surface area contributed by atoms with Gasteiger partial charge in [-0.2, -0.15) is 0 Å². The van der Waals surface area contributed by atoms with Gasteiger partial charge in [-0.1, -0.05) is 12.1 Å². The number of aromatic amines is 1. The first-order valence-corrected chi connectivity index (χ1v) is 7.14. The summed E-state index contributed by atoms with van der Waals surface area (Å²) < 4.78 is 0. The minimum Gasteiger partial charge on any atom is -0.360 e. The second kappa shape index (κ2) is 3.86. The summed E-state index contributed by atoms with van der Waals surface area (Å²) in [6, 6.07) is 7.26. The largest absolute Gasteiger partial charge is 0.360 e. The Morgan fingerprint density at radius 2 is 1.89 bits per heavy atom. The second-order valence-corrected chi connectivity index (χ2v) is 5.93. The van der Waals surface area contributed by atoms with Crippen molar-refractivity contribution in [1.82, 2.24) is 9.88 Å². The highest BCUT2D eigenvalue weighted by molar-refractivity contribution is 6.07. The lowest BCUT2D eigenvalue weighted by Gasteiger charge is -2.21. The number of carbonyl (C=O) groups is 1. The van der Waals surface area contributed by atoms with Gasteiger partial charge in [0.25, 0.3) is 5.91 Å². The minimum atomic E-state index is 0.222. The van der Waals surface area contributed by atoms with Crippen LogP contribution in [0.4, 0.5) is 0 Å². The Kier molecular flexibility index (Phi) is 2.25. The fraction of sp³-hybridized carbons (Fsp3) is 0.438. The molecule has 0 spiro atoms. The van der Waals surface area contributed by atoms with Crippen molar-refractivity contribution >= 4 is 16.8 Å². The Labute approximate surface area is 112 Å². The molecule has 1 aromatic heterocycles. The second-order valence-electron chi connectivity index (χ2n) is 5.93. The van der Waals surface area contributed by atoms with Crippen LogP contribution in [-0.4, -0.2) is 27.9 Å². The van der Waals surface area contributed by atoms with Crippen LogP contribution >= 0.6 is 0 Å². The number of H-pyrrole nitrogens is 1. The Balaban J connectivity index is 1.74. The third kappa shape index (κ3) is 1.84. The summed E-state index contributed by atoms with van der Waals surface area (Å²) in [7, 11) is 0. The van der Waals surface area contributed by atoms with Crippen LogP contribution in [0.1, 0.15) is 41.6 Å². The van der Waals surface area contributed by atoms with Crippen LogP contribution in [0.15, 0.2) is 24.4 Å². The standard InChI is InChI=1S/C16H18N2O/c1-10-2-7-13-14(9-17-15(13)8-10)16(19)18(11-3-4-11)12-5-6-12/h2,7-9,11-12,17H,3-6H2,1H3. The zero-order valence-corrected chi connectivity index (χ0v) is 11.1. The molecule has 0 radical (unpaired) electrons. The predicted octanol–water partition coefficient (Wildman–Crippen LogP) is 3.24. The summed E-state index contributed by atoms with van der Waals surface area (Å²) in [4.78, 5) is 18.2. The van der Waals surface area contributed by atoms with E-state index in [9.17, 15) is 4.79 Å². The zero-order valence-electron chi connectivity index (χ0n) is 11.1. The number of carbonyl (C=O) groups excluding carboxylic acids is 1. The van der Waals surface area contributed by atoms with Gasteiger partial charge >= 0.3 is 0 Å². The summed E-state index contributed by atoms with van der Waals surface area (Å²) in [6.45, 7) is 2.07. The first-order chi connectivity index (χ1) is 9.24. The van der Waals surface area contributed by atoms with Crippen molar-refractivity contribution in [2.75, 3.05) is 0 Å². The van der Waals surface area contributed by atoms with Crippen molar-refractivity contribution in [3.63, 3.8) is 0 Å². The molecular weight excluding hydrogens is 236 g/mol. The molecule has 0 saturated heterocycles. The van der Waals surface area contributed by atoms with Gasteiger partial charge in [-0.05, 0) is 44.2 Å². The van der Waals surface area contributed by atoms with E-state index in [2.05, 4.69) is 35.0 Å². The van der Waals surface area contributed by atoms with Crippen LogP contribution in [0.25, 0.3) is 10.9 Å². The van der Waals surface area contributed by atoms with Crippen LogP contribution in [0.5, 0.6) is 0 Å². The average Bonchev–Trinajstić information content (AvgIpc) is 3.30. The number of fused-ring (bicyclic) bond motifs is 1. The Hall–Kier alpha value is -1.77. The van der Waals surface area contributed by atoms with Gasteiger partial charge in [0.15, 0.2) is 0 Å². The molecular formula is C16H18N2O. The van der Waals surface area contributed by atoms with E-state index in [1.165, 1.54) is 31.2 Å². The first kappa shape index (κ1) is 11.1. The highest BCUT2D eigenvalue weighted by atomic mass is 16.2. The van der Waals surface area contributed by atoms with Crippen LogP contribution in [0.3, 0.4) is 0 Å². The minimum absolute atomic E-state index is 0.222. The van der Waals surface area contributed by atoms with E-state index in [0.29, 0.717) is 12.1 Å². The van der Waals surface area contributed by atoms with E-state index in [1.807, 2.05) is 6.20 Å². The maximum Gasteiger partial charge on any atom is 0.256 e. The molecule has 1 heterocycles. The fourth-order valence-corrected chi connectivity index (χ4v) is 2.89. The summed E-state index contributed by atoms with van der Waals surface area (Å²) in [5.74, 6) is 0.222. The number of nitrogens with zero attached hydrogens (tertiary/aromatic N) is 1. The van der Waals surface area contributed by atoms with E-state index in [1.54, 1.807) is 0 Å². The van der Waals surface area contributed by atoms with Crippen molar-refractivity contribution in [2.45, 2.75) is 44.7 Å². The van der Waals surface area contributed by atoms with Crippen LogP contribution < -0.4 is 0 Å². The molecule has 19 heavy (non-hydrogen) atoms. The van der Waals surface area contributed by atoms with Crippen molar-refractivity contribution in [3.8, 4) is 0 Å². The lowest BCUT2D eigenvalue weighted by molar-refractivity contribution is 0.0732. The molecule has 0 unspecified atom stereocenters. The highest BCUT2D eigenvalue weighted by Crippen LogP contribution is 2.39. The molecule has 2 aliphatic rings. The quantitative estimate of drug-likeness (QED) is 0.896. The van der Waals surface area contributed by atoms with Crippen molar-refractivity contribution in [3.05, 3.63) is 35.5 Å². The average molecular weight is 254 g/mol. The highest BCUT2D eigenvalue weighted by Gasteiger charge is 2.42. The number of hydrogen-bond acceptors (Lipinski definition) is 1. The monoisotopic (exact) mass is 254 g/mol. The number of hydrogen-bond donors (Lipinski definition) is 1. The number of nitrogens with one attached hydrogen (secondary N) is 1. The SMILES string of the molecule is Cc1ccc2c(C(=O)N(C3CC3)C3CC3)c[nH]c2c1. The molecule has 98 valence electrons. The van der Waals surface area contributed by atoms with Crippen LogP contribution in [0, 0.1) is 6.92 Å². The molecule has 4 rings (SSSR count). The summed E-state index contributed by atoms with van der Waals surface area (Å²) >= 11 is 0. The first-order valence-electron chi connectivity index (χ1n) is 7.14. The van der Waals surface area contributed by atoms with Gasteiger partial charge < -0.3 is 9.88 Å². The van der Waals surface area contributed by atoms with Crippen molar-refractivity contribution < 1.29 is 4.79 Å². The van der Waals surface area contributed by atoms with E-state index >= 15 is 0 Å². The van der Waals surface area contributed by atoms with E-state index in [-0.39, 0.29) is 5.91 Å². The van der Waals surface area contributed by atoms with Gasteiger partial charge in [0.05, 0.1) is 5.56 Å². The number of rotatable bonds is 3.